The van der Waals surface area contributed by atoms with Gasteiger partial charge in [0.1, 0.15) is 12.1 Å². The first kappa shape index (κ1) is 13.6. The average molecular weight is 266 g/mol. The number of amides is 1. The van der Waals surface area contributed by atoms with Crippen molar-refractivity contribution in [1.82, 2.24) is 4.90 Å². The number of hydrogen-bond acceptors (Lipinski definition) is 6. The summed E-state index contributed by atoms with van der Waals surface area (Å²) in [6, 6.07) is 0. The van der Waals surface area contributed by atoms with Gasteiger partial charge in [0.25, 0.3) is 5.91 Å². The van der Waals surface area contributed by atoms with Gasteiger partial charge in [0, 0.05) is 11.4 Å². The predicted octanol–water partition coefficient (Wildman–Crippen LogP) is -0.274. The molecule has 0 aromatic carbocycles. The van der Waals surface area contributed by atoms with Crippen LogP contribution in [0.3, 0.4) is 0 Å². The molecule has 7 heteroatoms. The van der Waals surface area contributed by atoms with Crippen LogP contribution in [0.4, 0.5) is 0 Å². The average Bonchev–Trinajstić information content (AvgIpc) is 2.56. The molecule has 0 aromatic rings. The Morgan fingerprint density at radius 1 is 1.26 bits per heavy atom. The first-order chi connectivity index (χ1) is 8.84. The molecule has 2 unspecified atom stereocenters. The number of carbonyl (C=O) groups is 1. The first-order valence-electron chi connectivity index (χ1n) is 6.08. The second kappa shape index (κ2) is 4.67. The number of hydrogen-bond donors (Lipinski definition) is 4. The van der Waals surface area contributed by atoms with Crippen molar-refractivity contribution in [1.29, 1.82) is 5.41 Å². The molecule has 104 valence electrons. The summed E-state index contributed by atoms with van der Waals surface area (Å²) in [5.41, 5.74) is 13.4. The third kappa shape index (κ3) is 2.11. The number of rotatable bonds is 3. The minimum Gasteiger partial charge on any atom is -0.401 e. The van der Waals surface area contributed by atoms with Gasteiger partial charge in [-0.3, -0.25) is 15.1 Å². The van der Waals surface area contributed by atoms with Gasteiger partial charge >= 0.3 is 0 Å². The van der Waals surface area contributed by atoms with Crippen LogP contribution in [0.2, 0.25) is 0 Å². The highest BCUT2D eigenvalue weighted by atomic mass is 16.6. The van der Waals surface area contributed by atoms with E-state index in [2.05, 4.69) is 0 Å². The van der Waals surface area contributed by atoms with Gasteiger partial charge < -0.3 is 21.3 Å². The molecule has 0 aromatic heterocycles. The van der Waals surface area contributed by atoms with Crippen LogP contribution in [-0.4, -0.2) is 34.3 Å². The Bertz CT molecular complexity index is 469. The van der Waals surface area contributed by atoms with Gasteiger partial charge in [0.05, 0.1) is 11.1 Å². The number of allylic oxidation sites excluding steroid dienone is 2. The second-order valence-corrected chi connectivity index (χ2v) is 4.66. The summed E-state index contributed by atoms with van der Waals surface area (Å²) in [4.78, 5) is 13.5. The normalized spacial score (nSPS) is 23.0. The van der Waals surface area contributed by atoms with E-state index in [0.29, 0.717) is 35.4 Å². The third-order valence-corrected chi connectivity index (χ3v) is 3.22. The largest absolute Gasteiger partial charge is 0.401 e. The van der Waals surface area contributed by atoms with Crippen LogP contribution >= 0.6 is 0 Å². The Hall–Kier alpha value is -1.86. The number of aliphatic hydroxyl groups excluding tert-OH is 1. The highest BCUT2D eigenvalue weighted by molar-refractivity contribution is 6.26. The molecule has 0 radical (unpaired) electrons. The highest BCUT2D eigenvalue weighted by Crippen LogP contribution is 2.35. The maximum atomic E-state index is 12.3. The van der Waals surface area contributed by atoms with E-state index >= 15 is 0 Å². The molecular formula is C12H18N4O3. The Labute approximate surface area is 111 Å². The van der Waals surface area contributed by atoms with Crippen molar-refractivity contribution in [3.8, 4) is 0 Å². The number of nitrogens with two attached hydrogens (primary N) is 2. The van der Waals surface area contributed by atoms with E-state index in [4.69, 9.17) is 21.6 Å². The number of ether oxygens (including phenoxy) is 1. The number of amidine groups is 1. The number of nitrogens with zero attached hydrogens (tertiary/aromatic N) is 1. The van der Waals surface area contributed by atoms with Crippen LogP contribution in [0.15, 0.2) is 22.5 Å². The minimum atomic E-state index is -1.03. The molecule has 1 heterocycles. The molecule has 1 saturated heterocycles. The molecule has 1 aliphatic heterocycles. The molecule has 2 atom stereocenters. The summed E-state index contributed by atoms with van der Waals surface area (Å²) in [7, 11) is 0. The lowest BCUT2D eigenvalue weighted by molar-refractivity contribution is -0.161. The number of nitrogens with one attached hydrogen (secondary N) is 1. The molecule has 2 aliphatic rings. The topological polar surface area (TPSA) is 126 Å². The Balaban J connectivity index is 2.41. The van der Waals surface area contributed by atoms with Crippen molar-refractivity contribution in [2.24, 2.45) is 11.5 Å². The van der Waals surface area contributed by atoms with Gasteiger partial charge in [-0.05, 0) is 26.7 Å². The fraction of sp³-hybridized carbons (Fsp3) is 0.500. The number of carbonyl (C=O) groups excluding carboxylic acids is 1. The van der Waals surface area contributed by atoms with Gasteiger partial charge in [0.2, 0.25) is 0 Å². The summed E-state index contributed by atoms with van der Waals surface area (Å²) in [5, 5.41) is 17.3. The molecule has 6 N–H and O–H groups in total. The fourth-order valence-electron chi connectivity index (χ4n) is 2.39. The van der Waals surface area contributed by atoms with E-state index in [-0.39, 0.29) is 5.84 Å². The van der Waals surface area contributed by atoms with E-state index < -0.39 is 18.4 Å². The number of fused-ring (bicyclic) bond motifs is 1. The standard InChI is InChI=1S/C12H18N4O3/c1-5(19-6(2)17)16-11(15)9-7(13)3-4-8(14)10(9)12(16)18/h5-6,15,17H,3-4,13-14H2,1-2H3. The second-order valence-electron chi connectivity index (χ2n) is 4.66. The van der Waals surface area contributed by atoms with E-state index in [9.17, 15) is 9.90 Å². The summed E-state index contributed by atoms with van der Waals surface area (Å²) < 4.78 is 5.14. The molecular weight excluding hydrogens is 248 g/mol. The Morgan fingerprint density at radius 2 is 1.79 bits per heavy atom. The van der Waals surface area contributed by atoms with Gasteiger partial charge in [-0.1, -0.05) is 0 Å². The summed E-state index contributed by atoms with van der Waals surface area (Å²) in [6.07, 6.45) is -0.731. The Kier molecular flexibility index (Phi) is 3.34. The lowest BCUT2D eigenvalue weighted by Crippen LogP contribution is -2.41. The van der Waals surface area contributed by atoms with Crippen molar-refractivity contribution in [2.45, 2.75) is 39.2 Å². The van der Waals surface area contributed by atoms with Crippen LogP contribution < -0.4 is 11.5 Å². The Morgan fingerprint density at radius 3 is 2.26 bits per heavy atom. The van der Waals surface area contributed by atoms with Crippen LogP contribution in [0.25, 0.3) is 0 Å². The van der Waals surface area contributed by atoms with E-state index in [1.54, 1.807) is 6.92 Å². The van der Waals surface area contributed by atoms with Crippen molar-refractivity contribution in [3.05, 3.63) is 22.5 Å². The number of aliphatic hydroxyl groups is 1. The fourth-order valence-corrected chi connectivity index (χ4v) is 2.39. The molecule has 1 aliphatic carbocycles. The monoisotopic (exact) mass is 266 g/mol. The SMILES string of the molecule is CC(O)OC(C)N1C(=N)C2=C(N)CCC(N)=C2C1=O. The third-order valence-electron chi connectivity index (χ3n) is 3.22. The van der Waals surface area contributed by atoms with Crippen molar-refractivity contribution in [3.63, 3.8) is 0 Å². The van der Waals surface area contributed by atoms with Crippen LogP contribution in [0.1, 0.15) is 26.7 Å². The quantitative estimate of drug-likeness (QED) is 0.523. The van der Waals surface area contributed by atoms with Crippen molar-refractivity contribution < 1.29 is 14.6 Å². The van der Waals surface area contributed by atoms with Gasteiger partial charge in [-0.2, -0.15) is 0 Å². The lowest BCUT2D eigenvalue weighted by atomic mass is 9.94. The lowest BCUT2D eigenvalue weighted by Gasteiger charge is -2.24. The van der Waals surface area contributed by atoms with E-state index in [0.717, 1.165) is 4.90 Å². The molecule has 1 amide bonds. The molecule has 1 fully saturated rings. The van der Waals surface area contributed by atoms with Crippen LogP contribution in [0.5, 0.6) is 0 Å². The highest BCUT2D eigenvalue weighted by Gasteiger charge is 2.43. The predicted molar refractivity (Wildman–Crippen MR) is 68.5 cm³/mol. The van der Waals surface area contributed by atoms with Gasteiger partial charge in [-0.25, -0.2) is 0 Å². The van der Waals surface area contributed by atoms with Crippen LogP contribution in [0, 0.1) is 5.41 Å². The maximum absolute atomic E-state index is 12.3. The van der Waals surface area contributed by atoms with Crippen LogP contribution in [-0.2, 0) is 9.53 Å². The molecule has 0 saturated carbocycles. The minimum absolute atomic E-state index is 0.0201. The number of likely N-dealkylation sites (tertiary alicyclic amines) is 1. The van der Waals surface area contributed by atoms with Gasteiger partial charge in [-0.15, -0.1) is 0 Å². The maximum Gasteiger partial charge on any atom is 0.264 e. The van der Waals surface area contributed by atoms with E-state index in [1.807, 2.05) is 0 Å². The summed E-state index contributed by atoms with van der Waals surface area (Å²) >= 11 is 0. The van der Waals surface area contributed by atoms with Gasteiger partial charge in [0.15, 0.2) is 6.29 Å². The molecule has 0 bridgehead atoms. The van der Waals surface area contributed by atoms with E-state index in [1.165, 1.54) is 6.92 Å². The smallest absolute Gasteiger partial charge is 0.264 e. The van der Waals surface area contributed by atoms with Crippen molar-refractivity contribution >= 4 is 11.7 Å². The summed E-state index contributed by atoms with van der Waals surface area (Å²) in [6.45, 7) is 3.03. The molecule has 0 spiro atoms. The molecule has 2 rings (SSSR count). The molecule has 19 heavy (non-hydrogen) atoms. The zero-order valence-corrected chi connectivity index (χ0v) is 10.9. The van der Waals surface area contributed by atoms with Crippen molar-refractivity contribution in [2.75, 3.05) is 0 Å². The first-order valence-corrected chi connectivity index (χ1v) is 6.08. The molecule has 7 nitrogen and oxygen atoms in total. The summed E-state index contributed by atoms with van der Waals surface area (Å²) in [5.74, 6) is -0.415. The zero-order valence-electron chi connectivity index (χ0n) is 10.9. The zero-order chi connectivity index (χ0) is 14.3.